The molecule has 286 valence electrons. The Hall–Kier alpha value is -5.62. The van der Waals surface area contributed by atoms with Crippen LogP contribution in [0.15, 0.2) is 97.1 Å². The van der Waals surface area contributed by atoms with Crippen LogP contribution in [-0.2, 0) is 22.3 Å². The van der Waals surface area contributed by atoms with Crippen molar-refractivity contribution in [2.45, 2.75) is 91.9 Å². The predicted molar refractivity (Wildman–Crippen MR) is 231 cm³/mol. The van der Waals surface area contributed by atoms with Crippen molar-refractivity contribution in [1.82, 2.24) is 8.97 Å². The van der Waals surface area contributed by atoms with Crippen LogP contribution in [0.25, 0.3) is 65.9 Å². The molecule has 4 heterocycles. The van der Waals surface area contributed by atoms with E-state index in [4.69, 9.17) is 9.47 Å². The number of ether oxygens (including phenoxy) is 2. The van der Waals surface area contributed by atoms with Crippen LogP contribution < -0.4 is 0 Å². The molecule has 0 bridgehead atoms. The molecule has 6 heteroatoms. The molecule has 0 atom stereocenters. The van der Waals surface area contributed by atoms with Gasteiger partial charge in [-0.3, -0.25) is 0 Å². The Kier molecular flexibility index (Phi) is 10.8. The zero-order chi connectivity index (χ0) is 38.8. The van der Waals surface area contributed by atoms with Crippen molar-refractivity contribution in [3.05, 3.63) is 119 Å². The number of hydrogen-bond acceptors (Lipinski definition) is 4. The summed E-state index contributed by atoms with van der Waals surface area (Å²) in [7, 11) is 0. The lowest BCUT2D eigenvalue weighted by Crippen LogP contribution is -2.12. The first kappa shape index (κ1) is 37.3. The zero-order valence-corrected chi connectivity index (χ0v) is 33.3. The van der Waals surface area contributed by atoms with E-state index in [0.717, 1.165) is 124 Å². The van der Waals surface area contributed by atoms with E-state index in [9.17, 15) is 9.59 Å². The van der Waals surface area contributed by atoms with Crippen molar-refractivity contribution in [2.75, 3.05) is 13.2 Å². The van der Waals surface area contributed by atoms with Crippen LogP contribution in [0.2, 0.25) is 0 Å². The second-order valence-corrected chi connectivity index (χ2v) is 15.0. The van der Waals surface area contributed by atoms with E-state index in [0.29, 0.717) is 11.1 Å². The number of carbonyl (C=O) groups is 2. The van der Waals surface area contributed by atoms with Gasteiger partial charge in [0.1, 0.15) is 0 Å². The summed E-state index contributed by atoms with van der Waals surface area (Å²) in [4.78, 5) is 28.6. The third-order valence-electron chi connectivity index (χ3n) is 11.5. The molecule has 0 aliphatic rings. The molecule has 0 aliphatic heterocycles. The second-order valence-electron chi connectivity index (χ2n) is 15.0. The van der Waals surface area contributed by atoms with Crippen LogP contribution in [0, 0.1) is 0 Å². The summed E-state index contributed by atoms with van der Waals surface area (Å²) < 4.78 is 16.5. The average molecular weight is 745 g/mol. The number of nitrogens with zero attached hydrogens (tertiary/aromatic N) is 2. The zero-order valence-electron chi connectivity index (χ0n) is 33.3. The maximum atomic E-state index is 14.3. The number of para-hydroxylation sites is 2. The summed E-state index contributed by atoms with van der Waals surface area (Å²) in [6.07, 6.45) is 10.6. The van der Waals surface area contributed by atoms with Crippen LogP contribution in [0.1, 0.15) is 111 Å². The highest BCUT2D eigenvalue weighted by Gasteiger charge is 2.33. The highest BCUT2D eigenvalue weighted by Crippen LogP contribution is 2.47. The molecule has 56 heavy (non-hydrogen) atoms. The minimum atomic E-state index is -0.334. The number of rotatable bonds is 16. The molecule has 0 fully saturated rings. The van der Waals surface area contributed by atoms with Gasteiger partial charge in [-0.15, -0.1) is 0 Å². The molecule has 8 aromatic rings. The summed E-state index contributed by atoms with van der Waals surface area (Å²) in [5.74, 6) is -0.642. The number of aryl methyl sites for hydroxylation is 2. The predicted octanol–water partition coefficient (Wildman–Crippen LogP) is 13.0. The normalized spacial score (nSPS) is 11.9. The molecule has 0 amide bonds. The van der Waals surface area contributed by atoms with Gasteiger partial charge in [0.25, 0.3) is 0 Å². The smallest absolute Gasteiger partial charge is 0.340 e. The highest BCUT2D eigenvalue weighted by atomic mass is 16.5. The van der Waals surface area contributed by atoms with Gasteiger partial charge in [-0.25, -0.2) is 9.59 Å². The standard InChI is InChI=1S/C50H52N2O4/c1-5-9-11-16-26-36-34-25-18-19-28-35(34)46-43(50(54)56-8-4)40-31-22-30-37-38(27-17-12-10-6-2)47(48(36)52(46)45(37)40)51-41-32-21-20-29-39(41)42(49(53)55-7-3)44(51)33-23-14-13-15-24-33/h13-15,18-25,28-32H,5-12,16-17,26-27H2,1-4H3. The lowest BCUT2D eigenvalue weighted by atomic mass is 9.93. The maximum absolute atomic E-state index is 14.3. The fourth-order valence-corrected chi connectivity index (χ4v) is 9.16. The Morgan fingerprint density at radius 3 is 1.75 bits per heavy atom. The lowest BCUT2D eigenvalue weighted by Gasteiger charge is -2.25. The van der Waals surface area contributed by atoms with Crippen LogP contribution in [0.3, 0.4) is 0 Å². The Morgan fingerprint density at radius 2 is 1.07 bits per heavy atom. The van der Waals surface area contributed by atoms with Crippen molar-refractivity contribution in [3.8, 4) is 16.9 Å². The van der Waals surface area contributed by atoms with Crippen LogP contribution >= 0.6 is 0 Å². The summed E-state index contributed by atoms with van der Waals surface area (Å²) in [6, 6.07) is 33.6. The molecule has 6 nitrogen and oxygen atoms in total. The van der Waals surface area contributed by atoms with Crippen molar-refractivity contribution in [1.29, 1.82) is 0 Å². The van der Waals surface area contributed by atoms with Crippen LogP contribution in [0.4, 0.5) is 0 Å². The Bertz CT molecular complexity index is 2680. The molecule has 0 unspecified atom stereocenters. The molecule has 0 saturated heterocycles. The third kappa shape index (κ3) is 6.20. The number of aromatic nitrogens is 2. The van der Waals surface area contributed by atoms with Gasteiger partial charge in [0.15, 0.2) is 0 Å². The highest BCUT2D eigenvalue weighted by molar-refractivity contribution is 6.24. The van der Waals surface area contributed by atoms with Gasteiger partial charge in [0.2, 0.25) is 0 Å². The SMILES string of the molecule is CCCCCCc1c(-n2c(-c3ccccc3)c(C(=O)OCC)c3ccccc32)c2c(CCCCCC)c3ccccc3c3c(C(=O)OCC)c4cccc1c4n23. The fraction of sp³-hybridized carbons (Fsp3) is 0.320. The Morgan fingerprint density at radius 1 is 0.500 bits per heavy atom. The summed E-state index contributed by atoms with van der Waals surface area (Å²) >= 11 is 0. The summed E-state index contributed by atoms with van der Waals surface area (Å²) in [5.41, 5.74) is 10.5. The van der Waals surface area contributed by atoms with Gasteiger partial charge in [-0.1, -0.05) is 143 Å². The number of unbranched alkanes of at least 4 members (excludes halogenated alkanes) is 6. The van der Waals surface area contributed by atoms with E-state index in [1.54, 1.807) is 0 Å². The van der Waals surface area contributed by atoms with Crippen molar-refractivity contribution in [3.63, 3.8) is 0 Å². The largest absolute Gasteiger partial charge is 0.462 e. The van der Waals surface area contributed by atoms with E-state index in [1.165, 1.54) is 17.5 Å². The quantitative estimate of drug-likeness (QED) is 0.0428. The minimum absolute atomic E-state index is 0.274. The topological polar surface area (TPSA) is 61.9 Å². The Labute approximate surface area is 329 Å². The van der Waals surface area contributed by atoms with Gasteiger partial charge in [-0.05, 0) is 67.7 Å². The molecule has 0 aliphatic carbocycles. The van der Waals surface area contributed by atoms with Crippen LogP contribution in [0.5, 0.6) is 0 Å². The number of pyridine rings is 2. The third-order valence-corrected chi connectivity index (χ3v) is 11.5. The second kappa shape index (κ2) is 16.2. The number of fused-ring (bicyclic) bond motifs is 3. The lowest BCUT2D eigenvalue weighted by molar-refractivity contribution is 0.0520. The number of carbonyl (C=O) groups excluding carboxylic acids is 2. The van der Waals surface area contributed by atoms with Crippen molar-refractivity contribution in [2.24, 2.45) is 0 Å². The van der Waals surface area contributed by atoms with Crippen molar-refractivity contribution < 1.29 is 19.1 Å². The van der Waals surface area contributed by atoms with E-state index in [-0.39, 0.29) is 25.2 Å². The molecule has 0 N–H and O–H groups in total. The fourth-order valence-electron chi connectivity index (χ4n) is 9.16. The molecule has 8 rings (SSSR count). The van der Waals surface area contributed by atoms with Gasteiger partial charge in [0.05, 0.1) is 57.8 Å². The maximum Gasteiger partial charge on any atom is 0.340 e. The summed E-state index contributed by atoms with van der Waals surface area (Å²) in [6.45, 7) is 8.81. The average Bonchev–Trinajstić information content (AvgIpc) is 3.76. The molecular weight excluding hydrogens is 693 g/mol. The van der Waals surface area contributed by atoms with E-state index >= 15 is 0 Å². The molecular formula is C50H52N2O4. The number of hydrogen-bond donors (Lipinski definition) is 0. The first-order valence-corrected chi connectivity index (χ1v) is 20.8. The number of esters is 2. The van der Waals surface area contributed by atoms with E-state index in [1.807, 2.05) is 38.1 Å². The monoisotopic (exact) mass is 744 g/mol. The van der Waals surface area contributed by atoms with Gasteiger partial charge < -0.3 is 18.4 Å². The van der Waals surface area contributed by atoms with Crippen molar-refractivity contribution >= 4 is 60.9 Å². The first-order chi connectivity index (χ1) is 27.5. The Balaban J connectivity index is 1.65. The first-order valence-electron chi connectivity index (χ1n) is 20.8. The van der Waals surface area contributed by atoms with E-state index < -0.39 is 0 Å². The molecule has 0 radical (unpaired) electrons. The molecule has 4 aromatic carbocycles. The van der Waals surface area contributed by atoms with Gasteiger partial charge in [0, 0.05) is 21.5 Å². The van der Waals surface area contributed by atoms with E-state index in [2.05, 4.69) is 95.6 Å². The molecule has 4 aromatic heterocycles. The minimum Gasteiger partial charge on any atom is -0.462 e. The molecule has 0 spiro atoms. The van der Waals surface area contributed by atoms with Crippen LogP contribution in [-0.4, -0.2) is 34.1 Å². The van der Waals surface area contributed by atoms with Gasteiger partial charge >= 0.3 is 11.9 Å². The number of benzene rings is 4. The van der Waals surface area contributed by atoms with Gasteiger partial charge in [-0.2, -0.15) is 0 Å². The summed E-state index contributed by atoms with van der Waals surface area (Å²) in [5, 5.41) is 5.08. The molecule has 0 saturated carbocycles.